The Morgan fingerprint density at radius 3 is 2.19 bits per heavy atom. The van der Waals surface area contributed by atoms with Crippen molar-refractivity contribution in [1.29, 1.82) is 0 Å². The standard InChI is InChI=1S/C48H33NOSSi/c1-52(2)44-26-25-37-36-15-6-8-20-43(36)51-48(37)47(44)39-24-23-35(29-45(39)52)49(40-17-10-19-42-46(40)38-16-5-7-18-41(38)50-42)34-14-9-13-32(28-34)33-22-21-30-11-3-4-12-31(30)27-33/h3-29H,1-2H3. The van der Waals surface area contributed by atoms with Gasteiger partial charge in [0.15, 0.2) is 0 Å². The van der Waals surface area contributed by atoms with Gasteiger partial charge in [-0.1, -0.05) is 122 Å². The molecule has 1 aliphatic heterocycles. The zero-order chi connectivity index (χ0) is 34.6. The predicted molar refractivity (Wildman–Crippen MR) is 226 cm³/mol. The van der Waals surface area contributed by atoms with E-state index >= 15 is 0 Å². The lowest BCUT2D eigenvalue weighted by Gasteiger charge is -2.28. The molecule has 10 aromatic rings. The SMILES string of the molecule is C[Si]1(C)c2cc(N(c3cccc(-c4ccc5ccccc5c4)c3)c3cccc4oc5ccccc5c34)ccc2-c2c1ccc1c2sc2ccccc21. The first-order chi connectivity index (χ1) is 25.5. The van der Waals surface area contributed by atoms with Gasteiger partial charge in [-0.05, 0) is 98.0 Å². The van der Waals surface area contributed by atoms with E-state index < -0.39 is 8.07 Å². The van der Waals surface area contributed by atoms with E-state index in [0.29, 0.717) is 0 Å². The van der Waals surface area contributed by atoms with E-state index in [1.807, 2.05) is 17.4 Å². The molecule has 2 aromatic heterocycles. The summed E-state index contributed by atoms with van der Waals surface area (Å²) in [4.78, 5) is 2.46. The summed E-state index contributed by atoms with van der Waals surface area (Å²) in [6, 6.07) is 60.2. The van der Waals surface area contributed by atoms with Crippen molar-refractivity contribution in [1.82, 2.24) is 0 Å². The van der Waals surface area contributed by atoms with Gasteiger partial charge in [-0.2, -0.15) is 0 Å². The van der Waals surface area contributed by atoms with Crippen LogP contribution in [0.3, 0.4) is 0 Å². The van der Waals surface area contributed by atoms with E-state index in [4.69, 9.17) is 4.42 Å². The number of para-hydroxylation sites is 1. The fraction of sp³-hybridized carbons (Fsp3) is 0.0417. The van der Waals surface area contributed by atoms with Crippen LogP contribution in [-0.4, -0.2) is 8.07 Å². The van der Waals surface area contributed by atoms with Crippen LogP contribution in [-0.2, 0) is 0 Å². The molecule has 11 rings (SSSR count). The highest BCUT2D eigenvalue weighted by atomic mass is 32.1. The molecule has 52 heavy (non-hydrogen) atoms. The molecule has 0 radical (unpaired) electrons. The van der Waals surface area contributed by atoms with Gasteiger partial charge in [0, 0.05) is 36.9 Å². The van der Waals surface area contributed by atoms with Crippen molar-refractivity contribution in [2.75, 3.05) is 4.90 Å². The highest BCUT2D eigenvalue weighted by Gasteiger charge is 2.39. The summed E-state index contributed by atoms with van der Waals surface area (Å²) in [7, 11) is -2.04. The highest BCUT2D eigenvalue weighted by Crippen LogP contribution is 2.46. The Labute approximate surface area is 306 Å². The van der Waals surface area contributed by atoms with Crippen LogP contribution < -0.4 is 15.3 Å². The van der Waals surface area contributed by atoms with Crippen LogP contribution >= 0.6 is 11.3 Å². The Morgan fingerprint density at radius 1 is 0.519 bits per heavy atom. The van der Waals surface area contributed by atoms with E-state index in [1.54, 1.807) is 0 Å². The molecule has 0 aliphatic carbocycles. The second-order valence-corrected chi connectivity index (χ2v) is 19.9. The maximum atomic E-state index is 6.45. The van der Waals surface area contributed by atoms with Crippen molar-refractivity contribution in [2.45, 2.75) is 13.1 Å². The average Bonchev–Trinajstić information content (AvgIpc) is 3.83. The third-order valence-electron chi connectivity index (χ3n) is 11.2. The van der Waals surface area contributed by atoms with E-state index in [-0.39, 0.29) is 0 Å². The van der Waals surface area contributed by atoms with Gasteiger partial charge in [0.05, 0.1) is 11.1 Å². The number of hydrogen-bond donors (Lipinski definition) is 0. The number of furan rings is 1. The van der Waals surface area contributed by atoms with Crippen LogP contribution in [0, 0.1) is 0 Å². The Bertz CT molecular complexity index is 3080. The summed E-state index contributed by atoms with van der Waals surface area (Å²) >= 11 is 1.94. The van der Waals surface area contributed by atoms with Crippen LogP contribution in [0.25, 0.3) is 75.1 Å². The number of thiophene rings is 1. The Hall–Kier alpha value is -5.94. The van der Waals surface area contributed by atoms with Crippen molar-refractivity contribution in [3.05, 3.63) is 164 Å². The molecule has 0 fully saturated rings. The van der Waals surface area contributed by atoms with Crippen molar-refractivity contribution >= 4 is 99.7 Å². The van der Waals surface area contributed by atoms with Gasteiger partial charge in [0.25, 0.3) is 0 Å². The first-order valence-electron chi connectivity index (χ1n) is 17.9. The number of anilines is 3. The van der Waals surface area contributed by atoms with Gasteiger partial charge in [0.1, 0.15) is 19.2 Å². The summed E-state index contributed by atoms with van der Waals surface area (Å²) < 4.78 is 9.22. The Balaban J connectivity index is 1.15. The van der Waals surface area contributed by atoms with Crippen LogP contribution in [0.2, 0.25) is 13.1 Å². The van der Waals surface area contributed by atoms with Gasteiger partial charge in [-0.15, -0.1) is 11.3 Å². The normalized spacial score (nSPS) is 13.3. The summed E-state index contributed by atoms with van der Waals surface area (Å²) in [5.74, 6) is 0. The number of benzene rings is 8. The first-order valence-corrected chi connectivity index (χ1v) is 21.7. The van der Waals surface area contributed by atoms with Crippen molar-refractivity contribution in [3.63, 3.8) is 0 Å². The first kappa shape index (κ1) is 29.8. The molecule has 0 spiro atoms. The summed E-state index contributed by atoms with van der Waals surface area (Å²) in [5, 5.41) is 10.5. The van der Waals surface area contributed by atoms with E-state index in [0.717, 1.165) is 39.0 Å². The third-order valence-corrected chi connectivity index (χ3v) is 16.0. The molecule has 246 valence electrons. The molecule has 8 aromatic carbocycles. The van der Waals surface area contributed by atoms with Crippen LogP contribution in [0.4, 0.5) is 17.1 Å². The Kier molecular flexibility index (Phi) is 6.31. The van der Waals surface area contributed by atoms with Crippen molar-refractivity contribution < 1.29 is 4.42 Å². The zero-order valence-corrected chi connectivity index (χ0v) is 30.7. The van der Waals surface area contributed by atoms with E-state index in [2.05, 4.69) is 176 Å². The maximum Gasteiger partial charge on any atom is 0.137 e. The summed E-state index contributed by atoms with van der Waals surface area (Å²) in [6.07, 6.45) is 0. The van der Waals surface area contributed by atoms with Gasteiger partial charge in [-0.25, -0.2) is 0 Å². The van der Waals surface area contributed by atoms with Crippen LogP contribution in [0.5, 0.6) is 0 Å². The van der Waals surface area contributed by atoms with Crippen molar-refractivity contribution in [2.24, 2.45) is 0 Å². The van der Waals surface area contributed by atoms with Gasteiger partial charge < -0.3 is 9.32 Å². The minimum absolute atomic E-state index is 0.893. The molecule has 0 bridgehead atoms. The smallest absolute Gasteiger partial charge is 0.137 e. The molecule has 3 heterocycles. The Morgan fingerprint density at radius 2 is 1.27 bits per heavy atom. The number of hydrogen-bond acceptors (Lipinski definition) is 3. The zero-order valence-electron chi connectivity index (χ0n) is 28.9. The average molecular weight is 700 g/mol. The number of fused-ring (bicyclic) bond motifs is 11. The summed E-state index contributed by atoms with van der Waals surface area (Å²) in [5.41, 5.74) is 10.4. The van der Waals surface area contributed by atoms with E-state index in [1.165, 1.54) is 63.6 Å². The largest absolute Gasteiger partial charge is 0.456 e. The van der Waals surface area contributed by atoms with E-state index in [9.17, 15) is 0 Å². The van der Waals surface area contributed by atoms with Crippen LogP contribution in [0.15, 0.2) is 168 Å². The second kappa shape index (κ2) is 11.0. The van der Waals surface area contributed by atoms with Gasteiger partial charge >= 0.3 is 0 Å². The third kappa shape index (κ3) is 4.29. The molecule has 2 nitrogen and oxygen atoms in total. The molecule has 0 N–H and O–H groups in total. The molecular weight excluding hydrogens is 667 g/mol. The lowest BCUT2D eigenvalue weighted by molar-refractivity contribution is 0.669. The predicted octanol–water partition coefficient (Wildman–Crippen LogP) is 13.0. The van der Waals surface area contributed by atoms with Crippen LogP contribution in [0.1, 0.15) is 0 Å². The maximum absolute atomic E-state index is 6.45. The minimum Gasteiger partial charge on any atom is -0.456 e. The highest BCUT2D eigenvalue weighted by molar-refractivity contribution is 7.26. The molecule has 0 atom stereocenters. The lowest BCUT2D eigenvalue weighted by Crippen LogP contribution is -2.49. The lowest BCUT2D eigenvalue weighted by atomic mass is 9.99. The fourth-order valence-corrected chi connectivity index (χ4v) is 13.1. The fourth-order valence-electron chi connectivity index (χ4n) is 8.69. The molecular formula is C48H33NOSSi. The molecule has 4 heteroatoms. The topological polar surface area (TPSA) is 16.4 Å². The van der Waals surface area contributed by atoms with Gasteiger partial charge in [-0.3, -0.25) is 0 Å². The molecule has 0 saturated carbocycles. The van der Waals surface area contributed by atoms with Crippen molar-refractivity contribution in [3.8, 4) is 22.3 Å². The minimum atomic E-state index is -2.04. The summed E-state index contributed by atoms with van der Waals surface area (Å²) in [6.45, 7) is 5.05. The number of rotatable bonds is 4. The molecule has 0 saturated heterocycles. The van der Waals surface area contributed by atoms with Gasteiger partial charge in [0.2, 0.25) is 0 Å². The molecule has 0 amide bonds. The second-order valence-electron chi connectivity index (χ2n) is 14.5. The number of nitrogens with zero attached hydrogens (tertiary/aromatic N) is 1. The monoisotopic (exact) mass is 699 g/mol. The molecule has 0 unspecified atom stereocenters. The molecule has 1 aliphatic rings. The quantitative estimate of drug-likeness (QED) is 0.170.